The van der Waals surface area contributed by atoms with Gasteiger partial charge in [0.05, 0.1) is 0 Å². The van der Waals surface area contributed by atoms with E-state index < -0.39 is 0 Å². The number of hydrogen-bond acceptors (Lipinski definition) is 7. The fourth-order valence-electron chi connectivity index (χ4n) is 3.87. The second-order valence-electron chi connectivity index (χ2n) is 8.69. The van der Waals surface area contributed by atoms with E-state index in [-0.39, 0.29) is 11.9 Å². The highest BCUT2D eigenvalue weighted by molar-refractivity contribution is 5.92. The van der Waals surface area contributed by atoms with Crippen LogP contribution in [0, 0.1) is 0 Å². The Kier molecular flexibility index (Phi) is 6.14. The lowest BCUT2D eigenvalue weighted by molar-refractivity contribution is 0.0934. The maximum absolute atomic E-state index is 12.5. The van der Waals surface area contributed by atoms with Gasteiger partial charge in [-0.3, -0.25) is 9.78 Å². The van der Waals surface area contributed by atoms with Gasteiger partial charge in [-0.15, -0.1) is 0 Å². The minimum Gasteiger partial charge on any atom is -0.457 e. The summed E-state index contributed by atoms with van der Waals surface area (Å²) in [6.07, 6.45) is 2.48. The molecular formula is C26H27N5O3. The molecule has 0 spiro atoms. The predicted molar refractivity (Wildman–Crippen MR) is 131 cm³/mol. The van der Waals surface area contributed by atoms with E-state index in [4.69, 9.17) is 9.15 Å². The monoisotopic (exact) mass is 457 g/mol. The Labute approximate surface area is 197 Å². The van der Waals surface area contributed by atoms with Crippen LogP contribution in [0.2, 0.25) is 0 Å². The topological polar surface area (TPSA) is 101 Å². The number of oxazole rings is 1. The minimum atomic E-state index is -0.205. The fourth-order valence-corrected chi connectivity index (χ4v) is 3.87. The zero-order valence-electron chi connectivity index (χ0n) is 19.2. The van der Waals surface area contributed by atoms with Crippen LogP contribution in [0.15, 0.2) is 65.2 Å². The molecule has 0 saturated carbocycles. The molecule has 1 amide bonds. The summed E-state index contributed by atoms with van der Waals surface area (Å²) in [4.78, 5) is 21.2. The van der Waals surface area contributed by atoms with Crippen molar-refractivity contribution in [2.24, 2.45) is 0 Å². The minimum absolute atomic E-state index is 0.129. The molecule has 8 nitrogen and oxygen atoms in total. The van der Waals surface area contributed by atoms with Crippen molar-refractivity contribution >= 4 is 28.7 Å². The number of nitrogens with one attached hydrogen (secondary N) is 3. The molecule has 34 heavy (non-hydrogen) atoms. The Morgan fingerprint density at radius 2 is 1.94 bits per heavy atom. The summed E-state index contributed by atoms with van der Waals surface area (Å²) in [5, 5.41) is 9.43. The number of nitrogens with zero attached hydrogens (tertiary/aromatic N) is 2. The molecule has 1 atom stereocenters. The highest BCUT2D eigenvalue weighted by atomic mass is 16.5. The van der Waals surface area contributed by atoms with Crippen molar-refractivity contribution in [1.29, 1.82) is 0 Å². The van der Waals surface area contributed by atoms with Crippen LogP contribution in [0.3, 0.4) is 0 Å². The third-order valence-corrected chi connectivity index (χ3v) is 5.78. The van der Waals surface area contributed by atoms with E-state index >= 15 is 0 Å². The molecule has 4 aromatic rings. The van der Waals surface area contributed by atoms with E-state index in [1.807, 2.05) is 18.2 Å². The predicted octanol–water partition coefficient (Wildman–Crippen LogP) is 4.97. The Balaban J connectivity index is 1.28. The summed E-state index contributed by atoms with van der Waals surface area (Å²) in [5.41, 5.74) is 3.82. The number of pyridine rings is 1. The first-order valence-electron chi connectivity index (χ1n) is 11.5. The lowest BCUT2D eigenvalue weighted by Crippen LogP contribution is -2.36. The number of ether oxygens (including phenoxy) is 1. The largest absolute Gasteiger partial charge is 0.457 e. The number of anilines is 2. The van der Waals surface area contributed by atoms with Crippen LogP contribution in [-0.4, -0.2) is 35.0 Å². The van der Waals surface area contributed by atoms with E-state index in [1.165, 1.54) is 5.56 Å². The Morgan fingerprint density at radius 1 is 1.12 bits per heavy atom. The molecule has 1 aliphatic heterocycles. The van der Waals surface area contributed by atoms with Gasteiger partial charge in [0.25, 0.3) is 11.9 Å². The van der Waals surface area contributed by atoms with Crippen molar-refractivity contribution in [2.45, 2.75) is 32.2 Å². The standard InChI is InChI=1S/C26H27N5O3/c1-16(2)17-3-5-18(6-4-17)30-26-31-22-13-20(7-8-24(22)34-26)33-21-10-12-28-23(14-21)25(32)29-19-9-11-27-15-19/h3-8,10,12-14,16,19,27H,9,11,15H2,1-2H3,(H,29,32)(H,30,31). The number of carbonyl (C=O) groups is 1. The summed E-state index contributed by atoms with van der Waals surface area (Å²) < 4.78 is 11.8. The zero-order chi connectivity index (χ0) is 23.5. The second-order valence-corrected chi connectivity index (χ2v) is 8.69. The van der Waals surface area contributed by atoms with Gasteiger partial charge in [0.2, 0.25) is 0 Å². The molecule has 1 fully saturated rings. The van der Waals surface area contributed by atoms with E-state index in [0.29, 0.717) is 40.2 Å². The molecule has 0 bridgehead atoms. The molecule has 3 heterocycles. The third kappa shape index (κ3) is 5.02. The number of rotatable bonds is 7. The second kappa shape index (κ2) is 9.52. The molecule has 174 valence electrons. The first-order chi connectivity index (χ1) is 16.5. The van der Waals surface area contributed by atoms with Crippen LogP contribution in [0.5, 0.6) is 11.5 Å². The SMILES string of the molecule is CC(C)c1ccc(Nc2nc3cc(Oc4ccnc(C(=O)NC5CCNC5)c4)ccc3o2)cc1. The maximum atomic E-state index is 12.5. The van der Waals surface area contributed by atoms with Gasteiger partial charge in [-0.1, -0.05) is 26.0 Å². The van der Waals surface area contributed by atoms with Gasteiger partial charge in [0.1, 0.15) is 22.7 Å². The molecular weight excluding hydrogens is 430 g/mol. The van der Waals surface area contributed by atoms with Crippen LogP contribution in [0.4, 0.5) is 11.7 Å². The van der Waals surface area contributed by atoms with Crippen molar-refractivity contribution in [2.75, 3.05) is 18.4 Å². The Morgan fingerprint density at radius 3 is 2.71 bits per heavy atom. The number of carbonyl (C=O) groups excluding carboxylic acids is 1. The molecule has 5 rings (SSSR count). The summed E-state index contributed by atoms with van der Waals surface area (Å²) in [6, 6.07) is 17.5. The smallest absolute Gasteiger partial charge is 0.300 e. The van der Waals surface area contributed by atoms with Crippen molar-refractivity contribution in [3.05, 3.63) is 72.1 Å². The van der Waals surface area contributed by atoms with Gasteiger partial charge in [-0.2, -0.15) is 4.98 Å². The van der Waals surface area contributed by atoms with Gasteiger partial charge < -0.3 is 25.1 Å². The van der Waals surface area contributed by atoms with E-state index in [9.17, 15) is 4.79 Å². The van der Waals surface area contributed by atoms with Crippen LogP contribution in [-0.2, 0) is 0 Å². The van der Waals surface area contributed by atoms with Gasteiger partial charge >= 0.3 is 0 Å². The maximum Gasteiger partial charge on any atom is 0.300 e. The molecule has 3 N–H and O–H groups in total. The highest BCUT2D eigenvalue weighted by Gasteiger charge is 2.18. The first kappa shape index (κ1) is 21.9. The van der Waals surface area contributed by atoms with Crippen LogP contribution >= 0.6 is 0 Å². The van der Waals surface area contributed by atoms with Crippen molar-refractivity contribution in [1.82, 2.24) is 20.6 Å². The van der Waals surface area contributed by atoms with Crippen LogP contribution in [0.1, 0.15) is 42.2 Å². The molecule has 1 saturated heterocycles. The Hall–Kier alpha value is -3.91. The molecule has 0 aliphatic carbocycles. The van der Waals surface area contributed by atoms with Crippen LogP contribution < -0.4 is 20.7 Å². The van der Waals surface area contributed by atoms with E-state index in [0.717, 1.165) is 25.2 Å². The first-order valence-corrected chi connectivity index (χ1v) is 11.5. The average Bonchev–Trinajstić information content (AvgIpc) is 3.48. The normalized spacial score (nSPS) is 15.6. The number of hydrogen-bond donors (Lipinski definition) is 3. The van der Waals surface area contributed by atoms with Gasteiger partial charge in [0.15, 0.2) is 5.58 Å². The van der Waals surface area contributed by atoms with Crippen molar-refractivity contribution in [3.8, 4) is 11.5 Å². The summed E-state index contributed by atoms with van der Waals surface area (Å²) >= 11 is 0. The molecule has 8 heteroatoms. The summed E-state index contributed by atoms with van der Waals surface area (Å²) in [7, 11) is 0. The Bertz CT molecular complexity index is 1290. The van der Waals surface area contributed by atoms with E-state index in [1.54, 1.807) is 30.5 Å². The third-order valence-electron chi connectivity index (χ3n) is 5.78. The summed E-state index contributed by atoms with van der Waals surface area (Å²) in [5.74, 6) is 1.39. The molecule has 1 aliphatic rings. The van der Waals surface area contributed by atoms with Gasteiger partial charge in [0, 0.05) is 36.6 Å². The van der Waals surface area contributed by atoms with Gasteiger partial charge in [-0.25, -0.2) is 0 Å². The average molecular weight is 458 g/mol. The number of amides is 1. The molecule has 2 aromatic heterocycles. The number of aromatic nitrogens is 2. The zero-order valence-corrected chi connectivity index (χ0v) is 19.2. The lowest BCUT2D eigenvalue weighted by atomic mass is 10.0. The highest BCUT2D eigenvalue weighted by Crippen LogP contribution is 2.29. The molecule has 0 radical (unpaired) electrons. The van der Waals surface area contributed by atoms with Crippen molar-refractivity contribution in [3.63, 3.8) is 0 Å². The van der Waals surface area contributed by atoms with Crippen LogP contribution in [0.25, 0.3) is 11.1 Å². The quantitative estimate of drug-likeness (QED) is 0.360. The molecule has 2 aromatic carbocycles. The fraction of sp³-hybridized carbons (Fsp3) is 0.269. The molecule has 1 unspecified atom stereocenters. The van der Waals surface area contributed by atoms with Gasteiger partial charge in [-0.05, 0) is 54.8 Å². The van der Waals surface area contributed by atoms with Crippen molar-refractivity contribution < 1.29 is 13.9 Å². The number of fused-ring (bicyclic) bond motifs is 1. The van der Waals surface area contributed by atoms with E-state index in [2.05, 4.69) is 51.9 Å². The summed E-state index contributed by atoms with van der Waals surface area (Å²) in [6.45, 7) is 6.02. The lowest BCUT2D eigenvalue weighted by Gasteiger charge is -2.11. The number of benzene rings is 2.